The topological polar surface area (TPSA) is 21.3 Å². The van der Waals surface area contributed by atoms with Crippen LogP contribution in [0.4, 0.5) is 0 Å². The summed E-state index contributed by atoms with van der Waals surface area (Å²) in [5.74, 6) is 0. The van der Waals surface area contributed by atoms with Crippen LogP contribution in [0.15, 0.2) is 12.8 Å². The molecule has 0 aromatic heterocycles. The van der Waals surface area contributed by atoms with Crippen molar-refractivity contribution in [2.75, 3.05) is 13.2 Å². The Labute approximate surface area is 81.4 Å². The summed E-state index contributed by atoms with van der Waals surface area (Å²) in [6.07, 6.45) is 5.33. The van der Waals surface area contributed by atoms with Gasteiger partial charge in [-0.25, -0.2) is 0 Å². The maximum Gasteiger partial charge on any atom is 0.0885 e. The van der Waals surface area contributed by atoms with E-state index in [4.69, 9.17) is 4.74 Å². The molecule has 1 N–H and O–H groups in total. The lowest BCUT2D eigenvalue weighted by Gasteiger charge is -2.20. The molecular formula is C11H21NO. The van der Waals surface area contributed by atoms with Gasteiger partial charge in [-0.15, -0.1) is 0 Å². The molecule has 1 aliphatic carbocycles. The fourth-order valence-corrected chi connectivity index (χ4v) is 1.43. The highest BCUT2D eigenvalue weighted by atomic mass is 16.5. The van der Waals surface area contributed by atoms with E-state index in [9.17, 15) is 0 Å². The van der Waals surface area contributed by atoms with Crippen LogP contribution < -0.4 is 5.32 Å². The van der Waals surface area contributed by atoms with Crippen molar-refractivity contribution in [2.45, 2.75) is 39.2 Å². The van der Waals surface area contributed by atoms with Gasteiger partial charge in [0.1, 0.15) is 0 Å². The molecule has 2 nitrogen and oxygen atoms in total. The van der Waals surface area contributed by atoms with E-state index in [1.165, 1.54) is 19.1 Å². The average Bonchev–Trinajstić information content (AvgIpc) is 2.84. The lowest BCUT2D eigenvalue weighted by Crippen LogP contribution is -2.34. The van der Waals surface area contributed by atoms with Gasteiger partial charge in [-0.05, 0) is 38.1 Å². The van der Waals surface area contributed by atoms with Crippen molar-refractivity contribution in [1.82, 2.24) is 5.32 Å². The summed E-state index contributed by atoms with van der Waals surface area (Å²) in [5.41, 5.74) is 0.583. The Bertz CT molecular complexity index is 163. The second kappa shape index (κ2) is 4.66. The predicted molar refractivity (Wildman–Crippen MR) is 55.6 cm³/mol. The molecule has 0 spiro atoms. The smallest absolute Gasteiger partial charge is 0.0885 e. The van der Waals surface area contributed by atoms with Crippen molar-refractivity contribution in [2.24, 2.45) is 5.41 Å². The van der Waals surface area contributed by atoms with Crippen LogP contribution in [-0.4, -0.2) is 19.2 Å². The summed E-state index contributed by atoms with van der Waals surface area (Å²) >= 11 is 0. The normalized spacial score (nSPS) is 20.8. The number of rotatable bonds is 7. The summed E-state index contributed by atoms with van der Waals surface area (Å²) < 4.78 is 5.04. The Balaban J connectivity index is 1.96. The van der Waals surface area contributed by atoms with E-state index in [2.05, 4.69) is 25.7 Å². The van der Waals surface area contributed by atoms with Crippen LogP contribution in [0.2, 0.25) is 0 Å². The highest BCUT2D eigenvalue weighted by molar-refractivity contribution is 4.96. The molecule has 1 fully saturated rings. The zero-order chi connectivity index (χ0) is 9.73. The quantitative estimate of drug-likeness (QED) is 0.483. The third kappa shape index (κ3) is 3.39. The van der Waals surface area contributed by atoms with Crippen molar-refractivity contribution >= 4 is 0 Å². The van der Waals surface area contributed by atoms with Crippen molar-refractivity contribution in [3.8, 4) is 0 Å². The lowest BCUT2D eigenvalue weighted by atomic mass is 10.0. The van der Waals surface area contributed by atoms with Crippen LogP contribution in [0, 0.1) is 5.41 Å². The molecule has 0 aliphatic heterocycles. The fraction of sp³-hybridized carbons (Fsp3) is 0.818. The molecule has 0 saturated heterocycles. The molecule has 0 heterocycles. The molecule has 1 unspecified atom stereocenters. The first-order chi connectivity index (χ1) is 6.19. The van der Waals surface area contributed by atoms with Crippen molar-refractivity contribution < 1.29 is 4.74 Å². The second-order valence-electron chi connectivity index (χ2n) is 4.22. The molecule has 13 heavy (non-hydrogen) atoms. The minimum atomic E-state index is 0.583. The second-order valence-corrected chi connectivity index (χ2v) is 4.22. The van der Waals surface area contributed by atoms with E-state index >= 15 is 0 Å². The first kappa shape index (κ1) is 10.6. The van der Waals surface area contributed by atoms with Gasteiger partial charge < -0.3 is 10.1 Å². The van der Waals surface area contributed by atoms with Gasteiger partial charge in [0.05, 0.1) is 12.9 Å². The average molecular weight is 183 g/mol. The minimum Gasteiger partial charge on any atom is -0.502 e. The molecule has 76 valence electrons. The Morgan fingerprint density at radius 1 is 1.62 bits per heavy atom. The highest BCUT2D eigenvalue weighted by Crippen LogP contribution is 2.47. The number of hydrogen-bond acceptors (Lipinski definition) is 2. The molecule has 2 heteroatoms. The summed E-state index contributed by atoms with van der Waals surface area (Å²) in [6, 6.07) is 0.649. The molecule has 1 atom stereocenters. The van der Waals surface area contributed by atoms with Crippen LogP contribution >= 0.6 is 0 Å². The highest BCUT2D eigenvalue weighted by Gasteiger charge is 2.41. The number of nitrogens with one attached hydrogen (secondary N) is 1. The van der Waals surface area contributed by atoms with Gasteiger partial charge in [-0.3, -0.25) is 0 Å². The standard InChI is InChI=1S/C11H21NO/c1-4-13-9-5-8-12-10(2)11(3)6-7-11/h4,10,12H,1,5-9H2,2-3H3. The summed E-state index contributed by atoms with van der Waals surface area (Å²) in [4.78, 5) is 0. The Hall–Kier alpha value is -0.500. The molecule has 0 aromatic rings. The van der Waals surface area contributed by atoms with Gasteiger partial charge in [0.25, 0.3) is 0 Å². The van der Waals surface area contributed by atoms with E-state index in [1.807, 2.05) is 0 Å². The van der Waals surface area contributed by atoms with E-state index < -0.39 is 0 Å². The molecule has 0 radical (unpaired) electrons. The maximum atomic E-state index is 5.04. The third-order valence-electron chi connectivity index (χ3n) is 3.09. The minimum absolute atomic E-state index is 0.583. The van der Waals surface area contributed by atoms with Gasteiger partial charge in [-0.2, -0.15) is 0 Å². The molecule has 1 rings (SSSR count). The SMILES string of the molecule is C=COCCCNC(C)C1(C)CC1. The van der Waals surface area contributed by atoms with Crippen molar-refractivity contribution in [3.63, 3.8) is 0 Å². The lowest BCUT2D eigenvalue weighted by molar-refractivity contribution is 0.240. The Morgan fingerprint density at radius 2 is 2.31 bits per heavy atom. The van der Waals surface area contributed by atoms with Crippen molar-refractivity contribution in [1.29, 1.82) is 0 Å². The summed E-state index contributed by atoms with van der Waals surface area (Å²) in [6.45, 7) is 9.96. The summed E-state index contributed by atoms with van der Waals surface area (Å²) in [5, 5.41) is 3.53. The van der Waals surface area contributed by atoms with Crippen LogP contribution in [-0.2, 0) is 4.74 Å². The van der Waals surface area contributed by atoms with Crippen molar-refractivity contribution in [3.05, 3.63) is 12.8 Å². The van der Waals surface area contributed by atoms with E-state index in [0.29, 0.717) is 11.5 Å². The zero-order valence-corrected chi connectivity index (χ0v) is 8.81. The Kier molecular flexibility index (Phi) is 3.79. The first-order valence-corrected chi connectivity index (χ1v) is 5.15. The molecule has 1 saturated carbocycles. The molecular weight excluding hydrogens is 162 g/mol. The monoisotopic (exact) mass is 183 g/mol. The molecule has 0 bridgehead atoms. The van der Waals surface area contributed by atoms with E-state index in [-0.39, 0.29) is 0 Å². The zero-order valence-electron chi connectivity index (χ0n) is 8.81. The van der Waals surface area contributed by atoms with Gasteiger partial charge in [-0.1, -0.05) is 13.5 Å². The predicted octanol–water partition coefficient (Wildman–Crippen LogP) is 2.31. The van der Waals surface area contributed by atoms with Gasteiger partial charge >= 0.3 is 0 Å². The Morgan fingerprint density at radius 3 is 2.85 bits per heavy atom. The van der Waals surface area contributed by atoms with Crippen LogP contribution in [0.5, 0.6) is 0 Å². The first-order valence-electron chi connectivity index (χ1n) is 5.15. The molecule has 0 aromatic carbocycles. The van der Waals surface area contributed by atoms with Gasteiger partial charge in [0, 0.05) is 6.04 Å². The third-order valence-corrected chi connectivity index (χ3v) is 3.09. The number of ether oxygens (including phenoxy) is 1. The van der Waals surface area contributed by atoms with E-state index in [0.717, 1.165) is 19.6 Å². The maximum absolute atomic E-state index is 5.04. The van der Waals surface area contributed by atoms with E-state index in [1.54, 1.807) is 0 Å². The largest absolute Gasteiger partial charge is 0.502 e. The van der Waals surface area contributed by atoms with Crippen LogP contribution in [0.1, 0.15) is 33.1 Å². The number of hydrogen-bond donors (Lipinski definition) is 1. The van der Waals surface area contributed by atoms with Gasteiger partial charge in [0.2, 0.25) is 0 Å². The summed E-state index contributed by atoms with van der Waals surface area (Å²) in [7, 11) is 0. The molecule has 1 aliphatic rings. The molecule has 0 amide bonds. The fourth-order valence-electron chi connectivity index (χ4n) is 1.43. The van der Waals surface area contributed by atoms with Crippen LogP contribution in [0.3, 0.4) is 0 Å². The van der Waals surface area contributed by atoms with Gasteiger partial charge in [0.15, 0.2) is 0 Å². The van der Waals surface area contributed by atoms with Crippen LogP contribution in [0.25, 0.3) is 0 Å².